The van der Waals surface area contributed by atoms with Crippen molar-refractivity contribution < 1.29 is 22.7 Å². The lowest BCUT2D eigenvalue weighted by Crippen LogP contribution is -2.38. The molecule has 3 aromatic rings. The minimum absolute atomic E-state index is 0.0444. The molecule has 0 saturated heterocycles. The quantitative estimate of drug-likeness (QED) is 0.511. The van der Waals surface area contributed by atoms with E-state index in [1.807, 2.05) is 39.0 Å². The van der Waals surface area contributed by atoms with Crippen molar-refractivity contribution in [3.05, 3.63) is 77.9 Å². The molecule has 1 unspecified atom stereocenters. The van der Waals surface area contributed by atoms with Crippen LogP contribution in [0.2, 0.25) is 0 Å². The number of aryl methyl sites for hydroxylation is 1. The SMILES string of the molecule is CCOc1cc2c(cc1NC(=O)CN(c1ccccc1C)S(=O)(=O)c1ccccc1)OC(C)C2. The second-order valence-electron chi connectivity index (χ2n) is 8.18. The van der Waals surface area contributed by atoms with Crippen LogP contribution >= 0.6 is 0 Å². The minimum atomic E-state index is -3.98. The predicted octanol–water partition coefficient (Wildman–Crippen LogP) is 4.55. The van der Waals surface area contributed by atoms with Gasteiger partial charge in [0, 0.05) is 18.1 Å². The first-order chi connectivity index (χ1) is 16.3. The van der Waals surface area contributed by atoms with Crippen molar-refractivity contribution in [3.8, 4) is 11.5 Å². The van der Waals surface area contributed by atoms with Crippen LogP contribution in [0.3, 0.4) is 0 Å². The maximum absolute atomic E-state index is 13.5. The lowest BCUT2D eigenvalue weighted by molar-refractivity contribution is -0.114. The summed E-state index contributed by atoms with van der Waals surface area (Å²) in [5.41, 5.74) is 2.64. The van der Waals surface area contributed by atoms with Crippen molar-refractivity contribution in [1.29, 1.82) is 0 Å². The van der Waals surface area contributed by atoms with Crippen molar-refractivity contribution in [1.82, 2.24) is 0 Å². The molecule has 1 amide bonds. The van der Waals surface area contributed by atoms with E-state index in [4.69, 9.17) is 9.47 Å². The second-order valence-corrected chi connectivity index (χ2v) is 10.0. The topological polar surface area (TPSA) is 84.9 Å². The molecule has 3 aromatic carbocycles. The molecule has 0 spiro atoms. The molecule has 178 valence electrons. The van der Waals surface area contributed by atoms with Gasteiger partial charge in [0.15, 0.2) is 0 Å². The van der Waals surface area contributed by atoms with E-state index in [1.54, 1.807) is 36.4 Å². The number of benzene rings is 3. The van der Waals surface area contributed by atoms with Crippen LogP contribution < -0.4 is 19.1 Å². The third-order valence-corrected chi connectivity index (χ3v) is 7.35. The predicted molar refractivity (Wildman–Crippen MR) is 132 cm³/mol. The average Bonchev–Trinajstić information content (AvgIpc) is 3.17. The highest BCUT2D eigenvalue weighted by molar-refractivity contribution is 7.92. The number of rotatable bonds is 8. The first-order valence-corrected chi connectivity index (χ1v) is 12.6. The van der Waals surface area contributed by atoms with Gasteiger partial charge in [0.05, 0.1) is 22.9 Å². The molecule has 8 heteroatoms. The van der Waals surface area contributed by atoms with E-state index in [0.29, 0.717) is 29.5 Å². The smallest absolute Gasteiger partial charge is 0.264 e. The third kappa shape index (κ3) is 4.87. The van der Waals surface area contributed by atoms with Gasteiger partial charge in [-0.3, -0.25) is 9.10 Å². The van der Waals surface area contributed by atoms with Crippen molar-refractivity contribution in [2.45, 2.75) is 38.2 Å². The Labute approximate surface area is 200 Å². The Kier molecular flexibility index (Phi) is 6.79. The molecule has 7 nitrogen and oxygen atoms in total. The van der Waals surface area contributed by atoms with E-state index in [-0.39, 0.29) is 11.0 Å². The number of amides is 1. The molecule has 1 aliphatic rings. The van der Waals surface area contributed by atoms with Crippen molar-refractivity contribution in [2.75, 3.05) is 22.8 Å². The zero-order valence-corrected chi connectivity index (χ0v) is 20.3. The van der Waals surface area contributed by atoms with Crippen LogP contribution in [0.4, 0.5) is 11.4 Å². The molecule has 0 saturated carbocycles. The molecule has 1 atom stereocenters. The molecule has 4 rings (SSSR count). The summed E-state index contributed by atoms with van der Waals surface area (Å²) in [6.45, 7) is 5.68. The van der Waals surface area contributed by atoms with Crippen LogP contribution in [-0.4, -0.2) is 33.6 Å². The summed E-state index contributed by atoms with van der Waals surface area (Å²) in [5, 5.41) is 2.83. The van der Waals surface area contributed by atoms with E-state index in [1.165, 1.54) is 12.1 Å². The molecule has 0 fully saturated rings. The summed E-state index contributed by atoms with van der Waals surface area (Å²) in [4.78, 5) is 13.3. The largest absolute Gasteiger partial charge is 0.492 e. The summed E-state index contributed by atoms with van der Waals surface area (Å²) < 4.78 is 39.8. The molecule has 1 aliphatic heterocycles. The molecule has 1 N–H and O–H groups in total. The fourth-order valence-corrected chi connectivity index (χ4v) is 5.50. The van der Waals surface area contributed by atoms with E-state index in [0.717, 1.165) is 21.9 Å². The summed E-state index contributed by atoms with van der Waals surface area (Å²) in [6, 6.07) is 18.8. The number of hydrogen-bond acceptors (Lipinski definition) is 5. The van der Waals surface area contributed by atoms with Gasteiger partial charge in [-0.05, 0) is 50.6 Å². The Morgan fingerprint density at radius 2 is 1.82 bits per heavy atom. The molecule has 0 radical (unpaired) electrons. The Morgan fingerprint density at radius 3 is 2.53 bits per heavy atom. The number of hydrogen-bond donors (Lipinski definition) is 1. The summed E-state index contributed by atoms with van der Waals surface area (Å²) >= 11 is 0. The van der Waals surface area contributed by atoms with Crippen LogP contribution in [0.25, 0.3) is 0 Å². The van der Waals surface area contributed by atoms with Gasteiger partial charge in [-0.25, -0.2) is 8.42 Å². The third-order valence-electron chi connectivity index (χ3n) is 5.57. The molecule has 1 heterocycles. The standard InChI is InChI=1S/C26H28N2O5S/c1-4-32-25-15-20-14-19(3)33-24(20)16-22(25)27-26(29)17-28(23-13-9-8-10-18(23)2)34(30,31)21-11-6-5-7-12-21/h5-13,15-16,19H,4,14,17H2,1-3H3,(H,27,29). The maximum atomic E-state index is 13.5. The number of para-hydroxylation sites is 1. The molecule has 0 aromatic heterocycles. The van der Waals surface area contributed by atoms with Crippen LogP contribution in [-0.2, 0) is 21.2 Å². The normalized spacial score (nSPS) is 14.7. The van der Waals surface area contributed by atoms with Crippen LogP contribution in [0, 0.1) is 6.92 Å². The molecule has 34 heavy (non-hydrogen) atoms. The van der Waals surface area contributed by atoms with Gasteiger partial charge in [0.1, 0.15) is 24.1 Å². The zero-order valence-electron chi connectivity index (χ0n) is 19.4. The van der Waals surface area contributed by atoms with Gasteiger partial charge in [-0.1, -0.05) is 36.4 Å². The molecular weight excluding hydrogens is 452 g/mol. The highest BCUT2D eigenvalue weighted by Gasteiger charge is 2.29. The lowest BCUT2D eigenvalue weighted by atomic mass is 10.1. The number of ether oxygens (including phenoxy) is 2. The first-order valence-electron chi connectivity index (χ1n) is 11.2. The van der Waals surface area contributed by atoms with Crippen LogP contribution in [0.5, 0.6) is 11.5 Å². The van der Waals surface area contributed by atoms with E-state index >= 15 is 0 Å². The zero-order chi connectivity index (χ0) is 24.3. The fourth-order valence-electron chi connectivity index (χ4n) is 3.99. The molecule has 0 aliphatic carbocycles. The Balaban J connectivity index is 1.66. The highest BCUT2D eigenvalue weighted by Crippen LogP contribution is 2.38. The number of nitrogens with zero attached hydrogens (tertiary/aromatic N) is 1. The number of fused-ring (bicyclic) bond motifs is 1. The molecule has 0 bridgehead atoms. The monoisotopic (exact) mass is 480 g/mol. The second kappa shape index (κ2) is 9.77. The van der Waals surface area contributed by atoms with E-state index in [9.17, 15) is 13.2 Å². The van der Waals surface area contributed by atoms with Gasteiger partial charge in [0.25, 0.3) is 10.0 Å². The Bertz CT molecular complexity index is 1290. The molecular formula is C26H28N2O5S. The summed E-state index contributed by atoms with van der Waals surface area (Å²) in [6.07, 6.45) is 0.808. The van der Waals surface area contributed by atoms with Crippen molar-refractivity contribution in [2.24, 2.45) is 0 Å². The number of anilines is 2. The fraction of sp³-hybridized carbons (Fsp3) is 0.269. The van der Waals surface area contributed by atoms with Crippen LogP contribution in [0.1, 0.15) is 25.0 Å². The van der Waals surface area contributed by atoms with E-state index < -0.39 is 22.5 Å². The number of carbonyl (C=O) groups excluding carboxylic acids is 1. The Hall–Kier alpha value is -3.52. The lowest BCUT2D eigenvalue weighted by Gasteiger charge is -2.25. The number of nitrogens with one attached hydrogen (secondary N) is 1. The van der Waals surface area contributed by atoms with Gasteiger partial charge in [-0.2, -0.15) is 0 Å². The minimum Gasteiger partial charge on any atom is -0.492 e. The van der Waals surface area contributed by atoms with Crippen molar-refractivity contribution >= 4 is 27.3 Å². The van der Waals surface area contributed by atoms with E-state index in [2.05, 4.69) is 5.32 Å². The Morgan fingerprint density at radius 1 is 1.12 bits per heavy atom. The number of sulfonamides is 1. The highest BCUT2D eigenvalue weighted by atomic mass is 32.2. The maximum Gasteiger partial charge on any atom is 0.264 e. The average molecular weight is 481 g/mol. The first kappa shape index (κ1) is 23.6. The van der Waals surface area contributed by atoms with Gasteiger partial charge < -0.3 is 14.8 Å². The number of carbonyl (C=O) groups is 1. The summed E-state index contributed by atoms with van der Waals surface area (Å²) in [7, 11) is -3.98. The summed E-state index contributed by atoms with van der Waals surface area (Å²) in [5.74, 6) is 0.731. The van der Waals surface area contributed by atoms with Gasteiger partial charge >= 0.3 is 0 Å². The van der Waals surface area contributed by atoms with Gasteiger partial charge in [-0.15, -0.1) is 0 Å². The van der Waals surface area contributed by atoms with Crippen LogP contribution in [0.15, 0.2) is 71.6 Å². The van der Waals surface area contributed by atoms with Crippen molar-refractivity contribution in [3.63, 3.8) is 0 Å². The van der Waals surface area contributed by atoms with Gasteiger partial charge in [0.2, 0.25) is 5.91 Å².